The van der Waals surface area contributed by atoms with Gasteiger partial charge in [0.15, 0.2) is 0 Å². The maximum atomic E-state index is 11.5. The van der Waals surface area contributed by atoms with Crippen LogP contribution in [0.1, 0.15) is 44.8 Å². The standard InChI is InChI=1S/C13H19NO2/c1-3-4-8-13(16)14-12-7-5-6-11(9-12)10(2)15/h5-7,9-10,15H,3-4,8H2,1-2H3,(H,14,16)/t10-/m0/s1. The van der Waals surface area contributed by atoms with Gasteiger partial charge in [-0.2, -0.15) is 0 Å². The Kier molecular flexibility index (Phi) is 4.99. The monoisotopic (exact) mass is 221 g/mol. The number of carbonyl (C=O) groups is 1. The van der Waals surface area contributed by atoms with Gasteiger partial charge in [0, 0.05) is 12.1 Å². The number of aliphatic hydroxyl groups is 1. The van der Waals surface area contributed by atoms with Crippen molar-refractivity contribution in [2.24, 2.45) is 0 Å². The van der Waals surface area contributed by atoms with E-state index in [4.69, 9.17) is 0 Å². The molecule has 0 radical (unpaired) electrons. The van der Waals surface area contributed by atoms with Gasteiger partial charge in [0.05, 0.1) is 6.10 Å². The third-order valence-corrected chi connectivity index (χ3v) is 2.41. The highest BCUT2D eigenvalue weighted by Gasteiger charge is 2.04. The molecule has 0 spiro atoms. The second kappa shape index (κ2) is 6.28. The average Bonchev–Trinajstić information content (AvgIpc) is 2.26. The molecular weight excluding hydrogens is 202 g/mol. The van der Waals surface area contributed by atoms with Crippen LogP contribution in [0.3, 0.4) is 0 Å². The van der Waals surface area contributed by atoms with Crippen LogP contribution in [0.4, 0.5) is 5.69 Å². The molecule has 3 heteroatoms. The van der Waals surface area contributed by atoms with E-state index in [0.29, 0.717) is 6.42 Å². The summed E-state index contributed by atoms with van der Waals surface area (Å²) in [6.45, 7) is 3.76. The van der Waals surface area contributed by atoms with Crippen LogP contribution in [-0.4, -0.2) is 11.0 Å². The van der Waals surface area contributed by atoms with E-state index in [1.54, 1.807) is 13.0 Å². The van der Waals surface area contributed by atoms with Gasteiger partial charge < -0.3 is 10.4 Å². The summed E-state index contributed by atoms with van der Waals surface area (Å²) in [5, 5.41) is 12.2. The summed E-state index contributed by atoms with van der Waals surface area (Å²) in [7, 11) is 0. The van der Waals surface area contributed by atoms with Crippen LogP contribution in [0.15, 0.2) is 24.3 Å². The molecule has 0 aliphatic rings. The van der Waals surface area contributed by atoms with E-state index >= 15 is 0 Å². The molecule has 0 aliphatic carbocycles. The fourth-order valence-electron chi connectivity index (χ4n) is 1.44. The molecule has 0 saturated heterocycles. The van der Waals surface area contributed by atoms with Crippen LogP contribution in [0, 0.1) is 0 Å². The van der Waals surface area contributed by atoms with Gasteiger partial charge in [0.25, 0.3) is 0 Å². The first-order chi connectivity index (χ1) is 7.63. The minimum Gasteiger partial charge on any atom is -0.389 e. The Bertz CT molecular complexity index is 348. The van der Waals surface area contributed by atoms with Crippen LogP contribution < -0.4 is 5.32 Å². The van der Waals surface area contributed by atoms with Gasteiger partial charge in [-0.1, -0.05) is 25.5 Å². The summed E-state index contributed by atoms with van der Waals surface area (Å²) in [5.41, 5.74) is 1.56. The number of anilines is 1. The van der Waals surface area contributed by atoms with Gasteiger partial charge in [-0.25, -0.2) is 0 Å². The third-order valence-electron chi connectivity index (χ3n) is 2.41. The lowest BCUT2D eigenvalue weighted by Gasteiger charge is -2.08. The molecule has 0 unspecified atom stereocenters. The Morgan fingerprint density at radius 2 is 2.25 bits per heavy atom. The van der Waals surface area contributed by atoms with E-state index in [-0.39, 0.29) is 5.91 Å². The summed E-state index contributed by atoms with van der Waals surface area (Å²) >= 11 is 0. The Balaban J connectivity index is 2.59. The minimum absolute atomic E-state index is 0.0320. The Hall–Kier alpha value is -1.35. The van der Waals surface area contributed by atoms with Crippen molar-refractivity contribution in [1.82, 2.24) is 0 Å². The SMILES string of the molecule is CCCCC(=O)Nc1cccc([C@H](C)O)c1. The smallest absolute Gasteiger partial charge is 0.224 e. The maximum Gasteiger partial charge on any atom is 0.224 e. The van der Waals surface area contributed by atoms with Crippen molar-refractivity contribution in [2.75, 3.05) is 5.32 Å². The number of hydrogen-bond donors (Lipinski definition) is 2. The number of hydrogen-bond acceptors (Lipinski definition) is 2. The van der Waals surface area contributed by atoms with Crippen LogP contribution in [0.2, 0.25) is 0 Å². The minimum atomic E-state index is -0.507. The zero-order valence-electron chi connectivity index (χ0n) is 9.86. The van der Waals surface area contributed by atoms with E-state index in [0.717, 1.165) is 24.1 Å². The largest absolute Gasteiger partial charge is 0.389 e. The molecule has 16 heavy (non-hydrogen) atoms. The number of aliphatic hydroxyl groups excluding tert-OH is 1. The van der Waals surface area contributed by atoms with Crippen LogP contribution in [0.5, 0.6) is 0 Å². The number of carbonyl (C=O) groups excluding carboxylic acids is 1. The van der Waals surface area contributed by atoms with E-state index in [1.165, 1.54) is 0 Å². The fourth-order valence-corrected chi connectivity index (χ4v) is 1.44. The lowest BCUT2D eigenvalue weighted by atomic mass is 10.1. The normalized spacial score (nSPS) is 12.2. The molecule has 0 bridgehead atoms. The Morgan fingerprint density at radius 3 is 2.88 bits per heavy atom. The quantitative estimate of drug-likeness (QED) is 0.803. The first kappa shape index (κ1) is 12.7. The van der Waals surface area contributed by atoms with Gasteiger partial charge in [-0.15, -0.1) is 0 Å². The van der Waals surface area contributed by atoms with Gasteiger partial charge in [0.1, 0.15) is 0 Å². The van der Waals surface area contributed by atoms with Gasteiger partial charge in [-0.05, 0) is 31.0 Å². The fraction of sp³-hybridized carbons (Fsp3) is 0.462. The zero-order chi connectivity index (χ0) is 12.0. The molecule has 1 aromatic rings. The van der Waals surface area contributed by atoms with Crippen LogP contribution in [-0.2, 0) is 4.79 Å². The zero-order valence-corrected chi connectivity index (χ0v) is 9.86. The highest BCUT2D eigenvalue weighted by molar-refractivity contribution is 5.90. The number of unbranched alkanes of at least 4 members (excludes halogenated alkanes) is 1. The van der Waals surface area contributed by atoms with Crippen molar-refractivity contribution in [1.29, 1.82) is 0 Å². The molecule has 1 amide bonds. The molecule has 88 valence electrons. The number of rotatable bonds is 5. The van der Waals surface area contributed by atoms with Crippen molar-refractivity contribution in [2.45, 2.75) is 39.2 Å². The van der Waals surface area contributed by atoms with Crippen molar-refractivity contribution in [3.63, 3.8) is 0 Å². The van der Waals surface area contributed by atoms with E-state index in [1.807, 2.05) is 18.2 Å². The summed E-state index contributed by atoms with van der Waals surface area (Å²) in [6.07, 6.45) is 1.96. The predicted octanol–water partition coefficient (Wildman–Crippen LogP) is 2.87. The predicted molar refractivity (Wildman–Crippen MR) is 65.2 cm³/mol. The van der Waals surface area contributed by atoms with Crippen LogP contribution >= 0.6 is 0 Å². The van der Waals surface area contributed by atoms with Gasteiger partial charge in [-0.3, -0.25) is 4.79 Å². The van der Waals surface area contributed by atoms with Crippen molar-refractivity contribution in [3.05, 3.63) is 29.8 Å². The second-order valence-electron chi connectivity index (χ2n) is 3.95. The summed E-state index contributed by atoms with van der Waals surface area (Å²) in [6, 6.07) is 7.30. The molecule has 1 atom stereocenters. The maximum absolute atomic E-state index is 11.5. The lowest BCUT2D eigenvalue weighted by Crippen LogP contribution is -2.11. The highest BCUT2D eigenvalue weighted by atomic mass is 16.3. The summed E-state index contributed by atoms with van der Waals surface area (Å²) < 4.78 is 0. The molecule has 0 fully saturated rings. The second-order valence-corrected chi connectivity index (χ2v) is 3.95. The third kappa shape index (κ3) is 4.03. The molecule has 3 nitrogen and oxygen atoms in total. The summed E-state index contributed by atoms with van der Waals surface area (Å²) in [5.74, 6) is 0.0320. The molecule has 1 rings (SSSR count). The summed E-state index contributed by atoms with van der Waals surface area (Å²) in [4.78, 5) is 11.5. The highest BCUT2D eigenvalue weighted by Crippen LogP contribution is 2.17. The van der Waals surface area contributed by atoms with Crippen molar-refractivity contribution in [3.8, 4) is 0 Å². The Morgan fingerprint density at radius 1 is 1.50 bits per heavy atom. The first-order valence-corrected chi connectivity index (χ1v) is 5.71. The first-order valence-electron chi connectivity index (χ1n) is 5.71. The molecular formula is C13H19NO2. The topological polar surface area (TPSA) is 49.3 Å². The van der Waals surface area contributed by atoms with E-state index < -0.39 is 6.10 Å². The molecule has 2 N–H and O–H groups in total. The van der Waals surface area contributed by atoms with Crippen molar-refractivity contribution < 1.29 is 9.90 Å². The van der Waals surface area contributed by atoms with Gasteiger partial charge in [0.2, 0.25) is 5.91 Å². The lowest BCUT2D eigenvalue weighted by molar-refractivity contribution is -0.116. The molecule has 0 aromatic heterocycles. The number of amides is 1. The molecule has 0 saturated carbocycles. The molecule has 0 heterocycles. The molecule has 1 aromatic carbocycles. The number of benzene rings is 1. The van der Waals surface area contributed by atoms with E-state index in [2.05, 4.69) is 12.2 Å². The van der Waals surface area contributed by atoms with Gasteiger partial charge >= 0.3 is 0 Å². The number of nitrogens with one attached hydrogen (secondary N) is 1. The molecule has 0 aliphatic heterocycles. The average molecular weight is 221 g/mol. The van der Waals surface area contributed by atoms with E-state index in [9.17, 15) is 9.90 Å². The Labute approximate surface area is 96.5 Å². The van der Waals surface area contributed by atoms with Crippen LogP contribution in [0.25, 0.3) is 0 Å². The van der Waals surface area contributed by atoms with Crippen molar-refractivity contribution >= 4 is 11.6 Å².